The van der Waals surface area contributed by atoms with Crippen molar-refractivity contribution in [2.45, 2.75) is 38.8 Å². The van der Waals surface area contributed by atoms with E-state index in [2.05, 4.69) is 5.73 Å². The number of amides is 1. The number of hydrogen-bond donors (Lipinski definition) is 5. The molecule has 18 heavy (non-hydrogen) atoms. The van der Waals surface area contributed by atoms with Gasteiger partial charge in [-0.05, 0) is 12.3 Å². The van der Waals surface area contributed by atoms with Crippen LogP contribution in [0.15, 0.2) is 0 Å². The van der Waals surface area contributed by atoms with Crippen LogP contribution in [0.25, 0.3) is 0 Å². The number of carboxylic acid groups (broad SMARTS) is 2. The number of nitrogens with two attached hydrogens (primary N) is 3. The van der Waals surface area contributed by atoms with Crippen molar-refractivity contribution in [2.24, 2.45) is 23.1 Å². The SMILES string of the molecule is CC(C)C[C@H](N)C(=O)O.NC(=O)C[C@H](N)C(=O)O. The lowest BCUT2D eigenvalue weighted by Gasteiger charge is -2.07. The van der Waals surface area contributed by atoms with Gasteiger partial charge in [-0.2, -0.15) is 0 Å². The second kappa shape index (κ2) is 9.37. The summed E-state index contributed by atoms with van der Waals surface area (Å²) in [6.07, 6.45) is 0.241. The molecule has 0 bridgehead atoms. The van der Waals surface area contributed by atoms with Crippen LogP contribution < -0.4 is 17.2 Å². The van der Waals surface area contributed by atoms with E-state index in [1.165, 1.54) is 0 Å². The van der Waals surface area contributed by atoms with Gasteiger partial charge in [-0.15, -0.1) is 0 Å². The Morgan fingerprint density at radius 2 is 1.39 bits per heavy atom. The normalized spacial score (nSPS) is 13.2. The van der Waals surface area contributed by atoms with Crippen molar-refractivity contribution in [3.05, 3.63) is 0 Å². The number of carbonyl (C=O) groups is 3. The molecule has 0 aliphatic carbocycles. The molecule has 2 atom stereocenters. The first-order valence-corrected chi connectivity index (χ1v) is 5.33. The minimum absolute atomic E-state index is 0.310. The van der Waals surface area contributed by atoms with E-state index in [1.807, 2.05) is 13.8 Å². The van der Waals surface area contributed by atoms with Gasteiger partial charge in [0.2, 0.25) is 5.91 Å². The minimum Gasteiger partial charge on any atom is -0.480 e. The Kier molecular flexibility index (Phi) is 9.73. The molecule has 0 aromatic carbocycles. The molecular weight excluding hydrogens is 242 g/mol. The Balaban J connectivity index is 0. The van der Waals surface area contributed by atoms with Crippen molar-refractivity contribution in [1.29, 1.82) is 0 Å². The summed E-state index contributed by atoms with van der Waals surface area (Å²) in [7, 11) is 0. The molecule has 0 saturated carbocycles. The summed E-state index contributed by atoms with van der Waals surface area (Å²) in [4.78, 5) is 30.0. The van der Waals surface area contributed by atoms with Crippen molar-refractivity contribution in [2.75, 3.05) is 0 Å². The monoisotopic (exact) mass is 263 g/mol. The fourth-order valence-corrected chi connectivity index (χ4v) is 0.913. The summed E-state index contributed by atoms with van der Waals surface area (Å²) in [5.41, 5.74) is 14.8. The number of carbonyl (C=O) groups excluding carboxylic acids is 1. The van der Waals surface area contributed by atoms with E-state index < -0.39 is 29.9 Å². The third-order valence-corrected chi connectivity index (χ3v) is 1.78. The van der Waals surface area contributed by atoms with Crippen molar-refractivity contribution in [3.63, 3.8) is 0 Å². The first-order valence-electron chi connectivity index (χ1n) is 5.33. The molecule has 0 fully saturated rings. The van der Waals surface area contributed by atoms with Gasteiger partial charge >= 0.3 is 11.9 Å². The molecule has 0 unspecified atom stereocenters. The fraction of sp³-hybridized carbons (Fsp3) is 0.700. The van der Waals surface area contributed by atoms with Crippen molar-refractivity contribution in [3.8, 4) is 0 Å². The number of carboxylic acids is 2. The minimum atomic E-state index is -1.21. The van der Waals surface area contributed by atoms with Crippen molar-refractivity contribution >= 4 is 17.8 Å². The third-order valence-electron chi connectivity index (χ3n) is 1.78. The van der Waals surface area contributed by atoms with Crippen LogP contribution in [0.3, 0.4) is 0 Å². The van der Waals surface area contributed by atoms with E-state index in [0.717, 1.165) is 0 Å². The van der Waals surface area contributed by atoms with Crippen molar-refractivity contribution in [1.82, 2.24) is 0 Å². The highest BCUT2D eigenvalue weighted by atomic mass is 16.4. The maximum absolute atomic E-state index is 10.1. The number of rotatable bonds is 6. The van der Waals surface area contributed by atoms with E-state index in [0.29, 0.717) is 12.3 Å². The van der Waals surface area contributed by atoms with Gasteiger partial charge in [0.25, 0.3) is 0 Å². The zero-order valence-corrected chi connectivity index (χ0v) is 10.5. The zero-order valence-electron chi connectivity index (χ0n) is 10.5. The number of hydrogen-bond acceptors (Lipinski definition) is 5. The lowest BCUT2D eigenvalue weighted by molar-refractivity contribution is -0.140. The molecule has 1 amide bonds. The second-order valence-corrected chi connectivity index (χ2v) is 4.19. The summed E-state index contributed by atoms with van der Waals surface area (Å²) in [6, 6.07) is -1.85. The average Bonchev–Trinajstić information content (AvgIpc) is 2.16. The van der Waals surface area contributed by atoms with Gasteiger partial charge in [-0.3, -0.25) is 14.4 Å². The Bertz CT molecular complexity index is 293. The molecule has 0 aliphatic rings. The lowest BCUT2D eigenvalue weighted by Crippen LogP contribution is -2.34. The molecule has 106 valence electrons. The van der Waals surface area contributed by atoms with E-state index in [4.69, 9.17) is 21.7 Å². The summed E-state index contributed by atoms with van der Waals surface area (Å²) >= 11 is 0. The standard InChI is InChI=1S/C6H13NO2.C4H8N2O3/c1-4(2)3-5(7)6(8)9;5-2(4(8)9)1-3(6)7/h4-5H,3,7H2,1-2H3,(H,8,9);2H,1,5H2,(H2,6,7)(H,8,9)/t5-;2-/m00/s1. The highest BCUT2D eigenvalue weighted by Crippen LogP contribution is 2.01. The third kappa shape index (κ3) is 12.4. The van der Waals surface area contributed by atoms with Crippen LogP contribution in [0.5, 0.6) is 0 Å². The molecular formula is C10H21N3O5. The van der Waals surface area contributed by atoms with Gasteiger partial charge in [-0.25, -0.2) is 0 Å². The maximum atomic E-state index is 10.1. The molecule has 8 N–H and O–H groups in total. The first-order chi connectivity index (χ1) is 8.07. The molecule has 0 aromatic rings. The van der Waals surface area contributed by atoms with E-state index >= 15 is 0 Å². The first kappa shape index (κ1) is 18.7. The summed E-state index contributed by atoms with van der Waals surface area (Å²) < 4.78 is 0. The van der Waals surface area contributed by atoms with Crippen molar-refractivity contribution < 1.29 is 24.6 Å². The molecule has 0 spiro atoms. The van der Waals surface area contributed by atoms with Gasteiger partial charge < -0.3 is 27.4 Å². The Morgan fingerprint density at radius 3 is 1.50 bits per heavy atom. The van der Waals surface area contributed by atoms with Gasteiger partial charge in [-0.1, -0.05) is 13.8 Å². The van der Waals surface area contributed by atoms with Crippen LogP contribution in [-0.4, -0.2) is 40.1 Å². The summed E-state index contributed by atoms with van der Waals surface area (Å²) in [5.74, 6) is -2.47. The average molecular weight is 263 g/mol. The fourth-order valence-electron chi connectivity index (χ4n) is 0.913. The zero-order chi connectivity index (χ0) is 14.9. The molecule has 8 nitrogen and oxygen atoms in total. The Hall–Kier alpha value is -1.67. The topological polar surface area (TPSA) is 170 Å². The van der Waals surface area contributed by atoms with E-state index in [1.54, 1.807) is 0 Å². The smallest absolute Gasteiger partial charge is 0.321 e. The van der Waals surface area contributed by atoms with Gasteiger partial charge in [0, 0.05) is 0 Å². The second-order valence-electron chi connectivity index (χ2n) is 4.19. The quantitative estimate of drug-likeness (QED) is 0.397. The van der Waals surface area contributed by atoms with Gasteiger partial charge in [0.05, 0.1) is 6.42 Å². The van der Waals surface area contributed by atoms with Crippen LogP contribution >= 0.6 is 0 Å². The van der Waals surface area contributed by atoms with Crippen LogP contribution in [0.1, 0.15) is 26.7 Å². The van der Waals surface area contributed by atoms with E-state index in [9.17, 15) is 14.4 Å². The van der Waals surface area contributed by atoms with E-state index in [-0.39, 0.29) is 6.42 Å². The molecule has 0 saturated heterocycles. The highest BCUT2D eigenvalue weighted by molar-refractivity contribution is 5.83. The Labute approximate surface area is 105 Å². The molecule has 0 radical (unpaired) electrons. The largest absolute Gasteiger partial charge is 0.480 e. The van der Waals surface area contributed by atoms with Crippen LogP contribution in [0.4, 0.5) is 0 Å². The molecule has 0 aliphatic heterocycles. The predicted molar refractivity (Wildman–Crippen MR) is 64.5 cm³/mol. The van der Waals surface area contributed by atoms with Gasteiger partial charge in [0.15, 0.2) is 0 Å². The van der Waals surface area contributed by atoms with Crippen LogP contribution in [0.2, 0.25) is 0 Å². The molecule has 0 aromatic heterocycles. The number of aliphatic carboxylic acids is 2. The molecule has 0 heterocycles. The summed E-state index contributed by atoms with van der Waals surface area (Å²) in [5, 5.41) is 16.4. The van der Waals surface area contributed by atoms with Crippen LogP contribution in [-0.2, 0) is 14.4 Å². The van der Waals surface area contributed by atoms with Crippen LogP contribution in [0, 0.1) is 5.92 Å². The van der Waals surface area contributed by atoms with Gasteiger partial charge in [0.1, 0.15) is 12.1 Å². The highest BCUT2D eigenvalue weighted by Gasteiger charge is 2.13. The summed E-state index contributed by atoms with van der Waals surface area (Å²) in [6.45, 7) is 3.89. The predicted octanol–water partition coefficient (Wildman–Crippen LogP) is -1.28. The Morgan fingerprint density at radius 1 is 1.00 bits per heavy atom. The number of primary amides is 1. The lowest BCUT2D eigenvalue weighted by atomic mass is 10.1. The molecule has 0 rings (SSSR count). The molecule has 8 heteroatoms. The maximum Gasteiger partial charge on any atom is 0.321 e.